The highest BCUT2D eigenvalue weighted by molar-refractivity contribution is 6.33. The Morgan fingerprint density at radius 2 is 1.77 bits per heavy atom. The van der Waals surface area contributed by atoms with Gasteiger partial charge in [-0.05, 0) is 30.3 Å². The van der Waals surface area contributed by atoms with E-state index in [0.29, 0.717) is 22.1 Å². The summed E-state index contributed by atoms with van der Waals surface area (Å²) in [5.41, 5.74) is 1.84. The Labute approximate surface area is 140 Å². The van der Waals surface area contributed by atoms with Gasteiger partial charge in [-0.3, -0.25) is 10.1 Å². The predicted molar refractivity (Wildman–Crippen MR) is 87.9 cm³/mol. The van der Waals surface area contributed by atoms with Crippen LogP contribution < -0.4 is 5.32 Å². The van der Waals surface area contributed by atoms with E-state index in [1.165, 1.54) is 12.1 Å². The van der Waals surface area contributed by atoms with Crippen LogP contribution in [0.4, 0.5) is 5.95 Å². The van der Waals surface area contributed by atoms with Crippen LogP contribution in [-0.4, -0.2) is 20.4 Å². The summed E-state index contributed by atoms with van der Waals surface area (Å²) in [6, 6.07) is 8.19. The minimum Gasteiger partial charge on any atom is -0.313 e. The van der Waals surface area contributed by atoms with E-state index >= 15 is 0 Å². The van der Waals surface area contributed by atoms with Crippen molar-refractivity contribution in [3.05, 3.63) is 51.2 Å². The van der Waals surface area contributed by atoms with E-state index in [9.17, 15) is 4.79 Å². The number of nitrogens with zero attached hydrogens (tertiary/aromatic N) is 3. The lowest BCUT2D eigenvalue weighted by Crippen LogP contribution is -2.15. The topological polar surface area (TPSA) is 59.8 Å². The molecule has 3 rings (SSSR count). The maximum Gasteiger partial charge on any atom is 0.258 e. The molecule has 22 heavy (non-hydrogen) atoms. The van der Waals surface area contributed by atoms with Gasteiger partial charge in [0.2, 0.25) is 5.95 Å². The molecule has 0 bridgehead atoms. The molecule has 0 saturated heterocycles. The number of aryl methyl sites for hydroxylation is 1. The van der Waals surface area contributed by atoms with Gasteiger partial charge in [-0.2, -0.15) is 0 Å². The Balaban J connectivity index is 1.95. The summed E-state index contributed by atoms with van der Waals surface area (Å²) in [5, 5.41) is 3.59. The molecule has 1 aromatic carbocycles. The summed E-state index contributed by atoms with van der Waals surface area (Å²) < 4.78 is 1.76. The van der Waals surface area contributed by atoms with E-state index in [1.807, 2.05) is 6.07 Å². The number of hydrogen-bond donors (Lipinski definition) is 1. The van der Waals surface area contributed by atoms with E-state index in [2.05, 4.69) is 15.3 Å². The Hall–Kier alpha value is -1.82. The molecule has 2 heterocycles. The summed E-state index contributed by atoms with van der Waals surface area (Å²) in [6.07, 6.45) is 0. The SMILES string of the molecule is Cn1c(NC(=O)c2cc(Cl)nc(Cl)c2)nc2cc(Cl)ccc21. The highest BCUT2D eigenvalue weighted by Crippen LogP contribution is 2.22. The standard InChI is InChI=1S/C14H9Cl3N4O/c1-21-10-3-2-8(15)6-9(10)18-14(21)20-13(22)7-4-11(16)19-12(17)5-7/h2-6H,1H3,(H,18,20,22). The van der Waals surface area contributed by atoms with Crippen LogP contribution in [0.25, 0.3) is 11.0 Å². The van der Waals surface area contributed by atoms with Gasteiger partial charge in [0.25, 0.3) is 5.91 Å². The quantitative estimate of drug-likeness (QED) is 0.701. The van der Waals surface area contributed by atoms with Crippen molar-refractivity contribution in [2.24, 2.45) is 7.05 Å². The lowest BCUT2D eigenvalue weighted by atomic mass is 10.2. The number of fused-ring (bicyclic) bond motifs is 1. The zero-order chi connectivity index (χ0) is 15.9. The number of nitrogens with one attached hydrogen (secondary N) is 1. The van der Waals surface area contributed by atoms with Crippen LogP contribution in [0.2, 0.25) is 15.3 Å². The van der Waals surface area contributed by atoms with Crippen molar-refractivity contribution in [3.63, 3.8) is 0 Å². The Bertz CT molecular complexity index is 871. The second-order valence-corrected chi connectivity index (χ2v) is 5.79. The van der Waals surface area contributed by atoms with Gasteiger partial charge in [0.1, 0.15) is 10.3 Å². The molecular weight excluding hydrogens is 347 g/mol. The fraction of sp³-hybridized carbons (Fsp3) is 0.0714. The number of rotatable bonds is 2. The Kier molecular flexibility index (Phi) is 3.95. The number of anilines is 1. The molecule has 1 N–H and O–H groups in total. The first-order valence-corrected chi connectivity index (χ1v) is 7.34. The number of halogens is 3. The number of hydrogen-bond acceptors (Lipinski definition) is 3. The van der Waals surface area contributed by atoms with Crippen molar-refractivity contribution in [2.75, 3.05) is 5.32 Å². The molecule has 0 unspecified atom stereocenters. The molecule has 112 valence electrons. The van der Waals surface area contributed by atoms with E-state index in [0.717, 1.165) is 5.52 Å². The van der Waals surface area contributed by atoms with Crippen molar-refractivity contribution in [2.45, 2.75) is 0 Å². The predicted octanol–water partition coefficient (Wildman–Crippen LogP) is 4.18. The third-order valence-electron chi connectivity index (χ3n) is 3.09. The molecule has 1 amide bonds. The molecular formula is C14H9Cl3N4O. The van der Waals surface area contributed by atoms with Crippen molar-refractivity contribution in [3.8, 4) is 0 Å². The molecule has 0 radical (unpaired) electrons. The summed E-state index contributed by atoms with van der Waals surface area (Å²) in [5.74, 6) is 0.0158. The summed E-state index contributed by atoms with van der Waals surface area (Å²) in [4.78, 5) is 20.4. The van der Waals surface area contributed by atoms with Gasteiger partial charge in [-0.15, -0.1) is 0 Å². The number of amides is 1. The molecule has 0 fully saturated rings. The number of carbonyl (C=O) groups is 1. The van der Waals surface area contributed by atoms with Crippen LogP contribution in [0.1, 0.15) is 10.4 Å². The van der Waals surface area contributed by atoms with Crippen LogP contribution >= 0.6 is 34.8 Å². The minimum absolute atomic E-state index is 0.148. The van der Waals surface area contributed by atoms with Crippen molar-refractivity contribution in [1.29, 1.82) is 0 Å². The molecule has 8 heteroatoms. The normalized spacial score (nSPS) is 10.9. The number of carbonyl (C=O) groups excluding carboxylic acids is 1. The Morgan fingerprint density at radius 3 is 2.45 bits per heavy atom. The third kappa shape index (κ3) is 2.88. The highest BCUT2D eigenvalue weighted by Gasteiger charge is 2.14. The van der Waals surface area contributed by atoms with Crippen LogP contribution in [-0.2, 0) is 7.05 Å². The van der Waals surface area contributed by atoms with Crippen molar-refractivity contribution in [1.82, 2.24) is 14.5 Å². The fourth-order valence-corrected chi connectivity index (χ4v) is 2.68. The molecule has 0 atom stereocenters. The first-order chi connectivity index (χ1) is 10.4. The van der Waals surface area contributed by atoms with Crippen LogP contribution in [0.5, 0.6) is 0 Å². The molecule has 0 aliphatic heterocycles. The van der Waals surface area contributed by atoms with E-state index in [1.54, 1.807) is 23.7 Å². The molecule has 0 spiro atoms. The number of imidazole rings is 1. The fourth-order valence-electron chi connectivity index (χ4n) is 2.05. The first-order valence-electron chi connectivity index (χ1n) is 6.20. The highest BCUT2D eigenvalue weighted by atomic mass is 35.5. The number of pyridine rings is 1. The van der Waals surface area contributed by atoms with Gasteiger partial charge in [-0.1, -0.05) is 34.8 Å². The monoisotopic (exact) mass is 354 g/mol. The maximum atomic E-state index is 12.3. The average molecular weight is 356 g/mol. The van der Waals surface area contributed by atoms with Gasteiger partial charge in [0.05, 0.1) is 11.0 Å². The summed E-state index contributed by atoms with van der Waals surface area (Å²) in [7, 11) is 1.80. The average Bonchev–Trinajstić information content (AvgIpc) is 2.73. The molecule has 3 aromatic rings. The first kappa shape index (κ1) is 15.1. The summed E-state index contributed by atoms with van der Waals surface area (Å²) >= 11 is 17.5. The molecule has 0 saturated carbocycles. The molecule has 0 aliphatic rings. The maximum absolute atomic E-state index is 12.3. The van der Waals surface area contributed by atoms with Crippen molar-refractivity contribution >= 4 is 57.7 Å². The second kappa shape index (κ2) is 5.76. The summed E-state index contributed by atoms with van der Waals surface area (Å²) in [6.45, 7) is 0. The van der Waals surface area contributed by atoms with Gasteiger partial charge >= 0.3 is 0 Å². The minimum atomic E-state index is -0.379. The van der Waals surface area contributed by atoms with Crippen LogP contribution in [0, 0.1) is 0 Å². The zero-order valence-electron chi connectivity index (χ0n) is 11.3. The Morgan fingerprint density at radius 1 is 1.09 bits per heavy atom. The number of aromatic nitrogens is 3. The van der Waals surface area contributed by atoms with Gasteiger partial charge < -0.3 is 4.57 Å². The van der Waals surface area contributed by atoms with Crippen LogP contribution in [0.3, 0.4) is 0 Å². The van der Waals surface area contributed by atoms with Gasteiger partial charge in [0.15, 0.2) is 0 Å². The molecule has 2 aromatic heterocycles. The van der Waals surface area contributed by atoms with Gasteiger partial charge in [0, 0.05) is 17.6 Å². The smallest absolute Gasteiger partial charge is 0.258 e. The molecule has 5 nitrogen and oxygen atoms in total. The van der Waals surface area contributed by atoms with E-state index in [-0.39, 0.29) is 16.2 Å². The number of benzene rings is 1. The van der Waals surface area contributed by atoms with Crippen LogP contribution in [0.15, 0.2) is 30.3 Å². The van der Waals surface area contributed by atoms with Crippen molar-refractivity contribution < 1.29 is 4.79 Å². The lowest BCUT2D eigenvalue weighted by Gasteiger charge is -2.05. The largest absolute Gasteiger partial charge is 0.313 e. The van der Waals surface area contributed by atoms with E-state index in [4.69, 9.17) is 34.8 Å². The zero-order valence-corrected chi connectivity index (χ0v) is 13.5. The van der Waals surface area contributed by atoms with E-state index < -0.39 is 0 Å². The molecule has 0 aliphatic carbocycles. The van der Waals surface area contributed by atoms with Gasteiger partial charge in [-0.25, -0.2) is 9.97 Å². The third-order valence-corrected chi connectivity index (χ3v) is 3.72. The second-order valence-electron chi connectivity index (χ2n) is 4.58. The lowest BCUT2D eigenvalue weighted by molar-refractivity contribution is 0.102.